The molecule has 1 aliphatic rings. The predicted molar refractivity (Wildman–Crippen MR) is 70.9 cm³/mol. The van der Waals surface area contributed by atoms with Gasteiger partial charge in [0.25, 0.3) is 5.91 Å². The van der Waals surface area contributed by atoms with E-state index in [1.54, 1.807) is 17.0 Å². The van der Waals surface area contributed by atoms with E-state index in [0.717, 1.165) is 6.26 Å². The Hall–Kier alpha value is -1.40. The van der Waals surface area contributed by atoms with Gasteiger partial charge in [-0.1, -0.05) is 0 Å². The summed E-state index contributed by atoms with van der Waals surface area (Å²) in [5.41, 5.74) is 0.501. The first-order valence-corrected chi connectivity index (χ1v) is 7.97. The predicted octanol–water partition coefficient (Wildman–Crippen LogP) is 0.951. The maximum absolute atomic E-state index is 12.3. The number of hydrogen-bond acceptors (Lipinski definition) is 4. The van der Waals surface area contributed by atoms with Crippen molar-refractivity contribution in [2.45, 2.75) is 17.9 Å². The number of sulfone groups is 1. The molecule has 1 aromatic rings. The van der Waals surface area contributed by atoms with Crippen molar-refractivity contribution in [1.29, 1.82) is 0 Å². The zero-order valence-electron chi connectivity index (χ0n) is 11.0. The summed E-state index contributed by atoms with van der Waals surface area (Å²) in [5.74, 6) is -0.0872. The maximum Gasteiger partial charge on any atom is 0.254 e. The Labute approximate surface area is 113 Å². The second kappa shape index (κ2) is 5.30. The Morgan fingerprint density at radius 2 is 1.95 bits per heavy atom. The fourth-order valence-electron chi connectivity index (χ4n) is 2.04. The van der Waals surface area contributed by atoms with Crippen LogP contribution < -0.4 is 0 Å². The third-order valence-corrected chi connectivity index (χ3v) is 4.29. The van der Waals surface area contributed by atoms with Crippen molar-refractivity contribution < 1.29 is 17.9 Å². The zero-order chi connectivity index (χ0) is 14.0. The molecule has 1 aliphatic heterocycles. The van der Waals surface area contributed by atoms with Gasteiger partial charge in [0, 0.05) is 18.4 Å². The molecule has 0 spiro atoms. The van der Waals surface area contributed by atoms with Crippen LogP contribution in [-0.4, -0.2) is 51.3 Å². The van der Waals surface area contributed by atoms with Gasteiger partial charge in [-0.2, -0.15) is 0 Å². The minimum atomic E-state index is -3.23. The van der Waals surface area contributed by atoms with Gasteiger partial charge in [-0.15, -0.1) is 0 Å². The van der Waals surface area contributed by atoms with Gasteiger partial charge in [-0.3, -0.25) is 4.79 Å². The van der Waals surface area contributed by atoms with Crippen molar-refractivity contribution in [1.82, 2.24) is 4.90 Å². The largest absolute Gasteiger partial charge is 0.377 e. The lowest BCUT2D eigenvalue weighted by atomic mass is 10.1. The molecule has 1 saturated heterocycles. The molecule has 0 saturated carbocycles. The molecule has 5 nitrogen and oxygen atoms in total. The molecule has 0 aromatic heterocycles. The molecule has 1 aromatic carbocycles. The van der Waals surface area contributed by atoms with Crippen molar-refractivity contribution in [3.63, 3.8) is 0 Å². The van der Waals surface area contributed by atoms with Crippen LogP contribution in [0.5, 0.6) is 0 Å². The molecule has 6 heteroatoms. The van der Waals surface area contributed by atoms with Crippen LogP contribution in [-0.2, 0) is 14.6 Å². The molecule has 0 aliphatic carbocycles. The van der Waals surface area contributed by atoms with E-state index in [4.69, 9.17) is 4.74 Å². The summed E-state index contributed by atoms with van der Waals surface area (Å²) in [7, 11) is -3.23. The standard InChI is InChI=1S/C13H17NO4S/c1-10-9-18-8-7-14(10)13(15)11-3-5-12(6-4-11)19(2,16)17/h3-6,10H,7-9H2,1-2H3/t10-/m0/s1. The number of benzene rings is 1. The molecule has 1 atom stereocenters. The van der Waals surface area contributed by atoms with E-state index in [9.17, 15) is 13.2 Å². The topological polar surface area (TPSA) is 63.7 Å². The number of rotatable bonds is 2. The van der Waals surface area contributed by atoms with Gasteiger partial charge >= 0.3 is 0 Å². The first-order valence-electron chi connectivity index (χ1n) is 6.08. The van der Waals surface area contributed by atoms with Gasteiger partial charge in [0.05, 0.1) is 24.2 Å². The van der Waals surface area contributed by atoms with Crippen LogP contribution in [0.15, 0.2) is 29.2 Å². The van der Waals surface area contributed by atoms with E-state index < -0.39 is 9.84 Å². The maximum atomic E-state index is 12.3. The Kier molecular flexibility index (Phi) is 3.91. The summed E-state index contributed by atoms with van der Waals surface area (Å²) in [4.78, 5) is 14.3. The smallest absolute Gasteiger partial charge is 0.254 e. The summed E-state index contributed by atoms with van der Waals surface area (Å²) in [6.45, 7) is 3.57. The van der Waals surface area contributed by atoms with Crippen LogP contribution in [0.3, 0.4) is 0 Å². The van der Waals surface area contributed by atoms with E-state index in [1.807, 2.05) is 6.92 Å². The lowest BCUT2D eigenvalue weighted by molar-refractivity contribution is 0.00359. The fourth-order valence-corrected chi connectivity index (χ4v) is 2.67. The average molecular weight is 283 g/mol. The molecule has 104 valence electrons. The Bertz CT molecular complexity index is 565. The summed E-state index contributed by atoms with van der Waals surface area (Å²) < 4.78 is 28.0. The van der Waals surface area contributed by atoms with Gasteiger partial charge in [-0.25, -0.2) is 8.42 Å². The Morgan fingerprint density at radius 3 is 2.47 bits per heavy atom. The lowest BCUT2D eigenvalue weighted by Crippen LogP contribution is -2.47. The summed E-state index contributed by atoms with van der Waals surface area (Å²) >= 11 is 0. The molecule has 0 N–H and O–H groups in total. The van der Waals surface area contributed by atoms with Gasteiger partial charge in [0.1, 0.15) is 0 Å². The number of carbonyl (C=O) groups is 1. The minimum Gasteiger partial charge on any atom is -0.377 e. The molecule has 1 fully saturated rings. The van der Waals surface area contributed by atoms with Crippen LogP contribution in [0, 0.1) is 0 Å². The van der Waals surface area contributed by atoms with E-state index in [2.05, 4.69) is 0 Å². The highest BCUT2D eigenvalue weighted by Gasteiger charge is 2.24. The van der Waals surface area contributed by atoms with Crippen molar-refractivity contribution in [2.24, 2.45) is 0 Å². The minimum absolute atomic E-state index is 0.0378. The zero-order valence-corrected chi connectivity index (χ0v) is 11.8. The van der Waals surface area contributed by atoms with Crippen LogP contribution in [0.25, 0.3) is 0 Å². The second-order valence-electron chi connectivity index (χ2n) is 4.72. The molecule has 0 bridgehead atoms. The highest BCUT2D eigenvalue weighted by molar-refractivity contribution is 7.90. The SMILES string of the molecule is C[C@H]1COCCN1C(=O)c1ccc(S(C)(=O)=O)cc1. The van der Waals surface area contributed by atoms with Crippen molar-refractivity contribution in [2.75, 3.05) is 26.0 Å². The first-order chi connectivity index (χ1) is 8.89. The third kappa shape index (κ3) is 3.13. The van der Waals surface area contributed by atoms with Crippen LogP contribution in [0.4, 0.5) is 0 Å². The van der Waals surface area contributed by atoms with E-state index in [-0.39, 0.29) is 16.8 Å². The van der Waals surface area contributed by atoms with Gasteiger partial charge in [0.15, 0.2) is 9.84 Å². The van der Waals surface area contributed by atoms with E-state index in [0.29, 0.717) is 25.3 Å². The summed E-state index contributed by atoms with van der Waals surface area (Å²) in [6.07, 6.45) is 1.15. The molecular formula is C13H17NO4S. The monoisotopic (exact) mass is 283 g/mol. The van der Waals surface area contributed by atoms with Crippen molar-refractivity contribution in [3.05, 3.63) is 29.8 Å². The van der Waals surface area contributed by atoms with E-state index >= 15 is 0 Å². The number of carbonyl (C=O) groups excluding carboxylic acids is 1. The van der Waals surface area contributed by atoms with Crippen molar-refractivity contribution >= 4 is 15.7 Å². The first kappa shape index (κ1) is 14.0. The molecule has 2 rings (SSSR count). The number of amides is 1. The fraction of sp³-hybridized carbons (Fsp3) is 0.462. The highest BCUT2D eigenvalue weighted by atomic mass is 32.2. The van der Waals surface area contributed by atoms with E-state index in [1.165, 1.54) is 12.1 Å². The Morgan fingerprint density at radius 1 is 1.32 bits per heavy atom. The molecule has 0 radical (unpaired) electrons. The molecule has 1 amide bonds. The van der Waals surface area contributed by atoms with Crippen LogP contribution in [0.2, 0.25) is 0 Å². The van der Waals surface area contributed by atoms with Gasteiger partial charge in [-0.05, 0) is 31.2 Å². The number of nitrogens with zero attached hydrogens (tertiary/aromatic N) is 1. The van der Waals surface area contributed by atoms with Gasteiger partial charge in [0.2, 0.25) is 0 Å². The summed E-state index contributed by atoms with van der Waals surface area (Å²) in [6, 6.07) is 6.08. The van der Waals surface area contributed by atoms with Crippen LogP contribution in [0.1, 0.15) is 17.3 Å². The normalized spacial score (nSPS) is 20.3. The quantitative estimate of drug-likeness (QED) is 0.810. The van der Waals surface area contributed by atoms with Crippen molar-refractivity contribution in [3.8, 4) is 0 Å². The molecule has 0 unspecified atom stereocenters. The average Bonchev–Trinajstić information content (AvgIpc) is 2.38. The number of hydrogen-bond donors (Lipinski definition) is 0. The summed E-state index contributed by atoms with van der Waals surface area (Å²) in [5, 5.41) is 0. The van der Waals surface area contributed by atoms with Gasteiger partial charge < -0.3 is 9.64 Å². The highest BCUT2D eigenvalue weighted by Crippen LogP contribution is 2.15. The molecule has 1 heterocycles. The second-order valence-corrected chi connectivity index (χ2v) is 6.73. The number of ether oxygens (including phenoxy) is 1. The number of morpholine rings is 1. The van der Waals surface area contributed by atoms with Crippen LogP contribution >= 0.6 is 0 Å². The molecular weight excluding hydrogens is 266 g/mol. The molecule has 19 heavy (non-hydrogen) atoms. The Balaban J connectivity index is 2.20. The lowest BCUT2D eigenvalue weighted by Gasteiger charge is -2.33. The third-order valence-electron chi connectivity index (χ3n) is 3.16.